The highest BCUT2D eigenvalue weighted by atomic mass is 32.2. The zero-order valence-electron chi connectivity index (χ0n) is 17.0. The Morgan fingerprint density at radius 1 is 0.931 bits per heavy atom. The van der Waals surface area contributed by atoms with Gasteiger partial charge in [0.15, 0.2) is 0 Å². The van der Waals surface area contributed by atoms with E-state index in [0.717, 1.165) is 9.87 Å². The van der Waals surface area contributed by atoms with Gasteiger partial charge >= 0.3 is 0 Å². The van der Waals surface area contributed by atoms with Gasteiger partial charge in [-0.3, -0.25) is 9.59 Å². The lowest BCUT2D eigenvalue weighted by molar-refractivity contribution is -0.122. The van der Waals surface area contributed by atoms with Crippen molar-refractivity contribution in [3.05, 3.63) is 65.7 Å². The Hall–Kier alpha value is -2.71. The lowest BCUT2D eigenvalue weighted by atomic mass is 10.1. The van der Waals surface area contributed by atoms with Gasteiger partial charge in [0.05, 0.1) is 10.9 Å². The zero-order chi connectivity index (χ0) is 21.6. The number of nitrogens with zero attached hydrogens (tertiary/aromatic N) is 1. The summed E-state index contributed by atoms with van der Waals surface area (Å²) in [6.07, 6.45) is 0.135. The minimum atomic E-state index is -3.49. The van der Waals surface area contributed by atoms with Gasteiger partial charge in [-0.15, -0.1) is 0 Å². The summed E-state index contributed by atoms with van der Waals surface area (Å²) in [5.41, 5.74) is 1.33. The molecule has 0 saturated carbocycles. The van der Waals surface area contributed by atoms with E-state index in [1.54, 1.807) is 43.3 Å². The largest absolute Gasteiger partial charge is 0.350 e. The van der Waals surface area contributed by atoms with Crippen molar-refractivity contribution in [1.29, 1.82) is 0 Å². The summed E-state index contributed by atoms with van der Waals surface area (Å²) in [5, 5.41) is 5.67. The first-order valence-corrected chi connectivity index (χ1v) is 10.7. The molecular formula is C21H27N3O4S. The molecule has 29 heavy (non-hydrogen) atoms. The third-order valence-electron chi connectivity index (χ3n) is 4.44. The summed E-state index contributed by atoms with van der Waals surface area (Å²) in [6, 6.07) is 14.6. The first kappa shape index (κ1) is 22.6. The molecule has 156 valence electrons. The third kappa shape index (κ3) is 6.13. The number of hydrogen-bond donors (Lipinski definition) is 2. The van der Waals surface area contributed by atoms with Crippen LogP contribution in [0.3, 0.4) is 0 Å². The molecular weight excluding hydrogens is 390 g/mol. The first-order valence-electron chi connectivity index (χ1n) is 9.29. The Bertz CT molecular complexity index is 942. The van der Waals surface area contributed by atoms with Crippen LogP contribution in [0, 0.1) is 0 Å². The van der Waals surface area contributed by atoms with E-state index in [0.29, 0.717) is 5.56 Å². The molecule has 0 heterocycles. The number of nitrogens with one attached hydrogen (secondary N) is 2. The fourth-order valence-electron chi connectivity index (χ4n) is 2.75. The van der Waals surface area contributed by atoms with Crippen LogP contribution in [0.2, 0.25) is 0 Å². The number of amides is 2. The second kappa shape index (κ2) is 9.67. The monoisotopic (exact) mass is 417 g/mol. The van der Waals surface area contributed by atoms with Gasteiger partial charge in [-0.2, -0.15) is 0 Å². The number of carbonyl (C=O) groups is 2. The van der Waals surface area contributed by atoms with Gasteiger partial charge in [0, 0.05) is 32.1 Å². The smallest absolute Gasteiger partial charge is 0.251 e. The fraction of sp³-hybridized carbons (Fsp3) is 0.333. The normalized spacial score (nSPS) is 13.6. The van der Waals surface area contributed by atoms with Crippen LogP contribution in [-0.2, 0) is 14.8 Å². The highest BCUT2D eigenvalue weighted by Gasteiger charge is 2.18. The molecule has 0 radical (unpaired) electrons. The lowest BCUT2D eigenvalue weighted by Gasteiger charge is -2.18. The Balaban J connectivity index is 1.90. The van der Waals surface area contributed by atoms with E-state index in [4.69, 9.17) is 0 Å². The van der Waals surface area contributed by atoms with Crippen LogP contribution in [0.5, 0.6) is 0 Å². The molecule has 0 spiro atoms. The fourth-order valence-corrected chi connectivity index (χ4v) is 3.65. The molecule has 0 aliphatic rings. The average molecular weight is 418 g/mol. The molecule has 0 fully saturated rings. The van der Waals surface area contributed by atoms with Crippen molar-refractivity contribution in [2.75, 3.05) is 14.1 Å². The average Bonchev–Trinajstić information content (AvgIpc) is 2.68. The number of benzene rings is 2. The molecule has 7 nitrogen and oxygen atoms in total. The van der Waals surface area contributed by atoms with Crippen molar-refractivity contribution in [2.24, 2.45) is 0 Å². The third-order valence-corrected chi connectivity index (χ3v) is 6.27. The highest BCUT2D eigenvalue weighted by Crippen LogP contribution is 2.18. The van der Waals surface area contributed by atoms with E-state index in [1.807, 2.05) is 13.0 Å². The summed E-state index contributed by atoms with van der Waals surface area (Å²) in [7, 11) is -0.535. The van der Waals surface area contributed by atoms with E-state index in [9.17, 15) is 18.0 Å². The van der Waals surface area contributed by atoms with Crippen LogP contribution in [-0.4, -0.2) is 44.7 Å². The maximum absolute atomic E-state index is 12.3. The summed E-state index contributed by atoms with van der Waals surface area (Å²) in [5.74, 6) is -0.431. The van der Waals surface area contributed by atoms with Crippen molar-refractivity contribution in [2.45, 2.75) is 37.2 Å². The van der Waals surface area contributed by atoms with E-state index in [-0.39, 0.29) is 35.2 Å². The molecule has 0 aliphatic heterocycles. The van der Waals surface area contributed by atoms with E-state index in [2.05, 4.69) is 10.6 Å². The molecule has 2 aromatic rings. The van der Waals surface area contributed by atoms with Gasteiger partial charge in [0.2, 0.25) is 15.9 Å². The predicted molar refractivity (Wildman–Crippen MR) is 112 cm³/mol. The minimum Gasteiger partial charge on any atom is -0.350 e. The van der Waals surface area contributed by atoms with Crippen LogP contribution in [0.4, 0.5) is 0 Å². The Morgan fingerprint density at radius 3 is 2.07 bits per heavy atom. The van der Waals surface area contributed by atoms with Crippen LogP contribution in [0.25, 0.3) is 0 Å². The molecule has 0 aliphatic carbocycles. The maximum Gasteiger partial charge on any atom is 0.251 e. The number of rotatable bonds is 8. The van der Waals surface area contributed by atoms with Crippen molar-refractivity contribution < 1.29 is 18.0 Å². The van der Waals surface area contributed by atoms with Gasteiger partial charge < -0.3 is 10.6 Å². The quantitative estimate of drug-likeness (QED) is 0.689. The van der Waals surface area contributed by atoms with Crippen molar-refractivity contribution >= 4 is 21.8 Å². The van der Waals surface area contributed by atoms with Gasteiger partial charge in [-0.05, 0) is 43.7 Å². The Labute approximate surface area is 172 Å². The van der Waals surface area contributed by atoms with Gasteiger partial charge in [0.25, 0.3) is 5.91 Å². The molecule has 2 atom stereocenters. The second-order valence-electron chi connectivity index (χ2n) is 7.09. The molecule has 2 rings (SSSR count). The summed E-state index contributed by atoms with van der Waals surface area (Å²) in [6.45, 7) is 3.59. The summed E-state index contributed by atoms with van der Waals surface area (Å²) >= 11 is 0. The molecule has 8 heteroatoms. The van der Waals surface area contributed by atoms with Gasteiger partial charge in [-0.25, -0.2) is 12.7 Å². The predicted octanol–water partition coefficient (Wildman–Crippen LogP) is 2.32. The number of carbonyl (C=O) groups excluding carboxylic acids is 2. The van der Waals surface area contributed by atoms with Crippen LogP contribution in [0.15, 0.2) is 59.5 Å². The first-order chi connectivity index (χ1) is 13.6. The summed E-state index contributed by atoms with van der Waals surface area (Å²) in [4.78, 5) is 24.6. The lowest BCUT2D eigenvalue weighted by Crippen LogP contribution is -2.38. The number of sulfonamides is 1. The number of hydrogen-bond acceptors (Lipinski definition) is 4. The Kier molecular flexibility index (Phi) is 7.53. The SMILES string of the molecule is CC(CC(=O)NC(C)c1ccc(S(=O)(=O)N(C)C)cc1)NC(=O)c1ccccc1. The maximum atomic E-state index is 12.3. The van der Waals surface area contributed by atoms with Crippen LogP contribution in [0.1, 0.15) is 42.2 Å². The van der Waals surface area contributed by atoms with Crippen LogP contribution < -0.4 is 10.6 Å². The molecule has 0 bridgehead atoms. The molecule has 2 N–H and O–H groups in total. The molecule has 2 amide bonds. The zero-order valence-corrected chi connectivity index (χ0v) is 17.9. The molecule has 2 unspecified atom stereocenters. The van der Waals surface area contributed by atoms with Crippen LogP contribution >= 0.6 is 0 Å². The van der Waals surface area contributed by atoms with Gasteiger partial charge in [-0.1, -0.05) is 30.3 Å². The molecule has 0 aromatic heterocycles. The molecule has 0 saturated heterocycles. The summed E-state index contributed by atoms with van der Waals surface area (Å²) < 4.78 is 25.4. The molecule has 2 aromatic carbocycles. The highest BCUT2D eigenvalue weighted by molar-refractivity contribution is 7.89. The van der Waals surface area contributed by atoms with E-state index in [1.165, 1.54) is 26.2 Å². The minimum absolute atomic E-state index is 0.135. The topological polar surface area (TPSA) is 95.6 Å². The van der Waals surface area contributed by atoms with Gasteiger partial charge in [0.1, 0.15) is 0 Å². The second-order valence-corrected chi connectivity index (χ2v) is 9.24. The van der Waals surface area contributed by atoms with Crippen molar-refractivity contribution in [1.82, 2.24) is 14.9 Å². The van der Waals surface area contributed by atoms with Crippen molar-refractivity contribution in [3.63, 3.8) is 0 Å². The Morgan fingerprint density at radius 2 is 1.52 bits per heavy atom. The standard InChI is InChI=1S/C21H27N3O4S/c1-15(22-21(26)18-8-6-5-7-9-18)14-20(25)23-16(2)17-10-12-19(13-11-17)29(27,28)24(3)4/h5-13,15-16H,14H2,1-4H3,(H,22,26)(H,23,25). The van der Waals surface area contributed by atoms with Crippen molar-refractivity contribution in [3.8, 4) is 0 Å². The van der Waals surface area contributed by atoms with E-state index >= 15 is 0 Å². The van der Waals surface area contributed by atoms with E-state index < -0.39 is 10.0 Å².